The Labute approximate surface area is 172 Å². The van der Waals surface area contributed by atoms with E-state index in [9.17, 15) is 14.6 Å². The third kappa shape index (κ3) is 4.32. The maximum absolute atomic E-state index is 13.6. The summed E-state index contributed by atoms with van der Waals surface area (Å²) in [5.41, 5.74) is 1.83. The highest BCUT2D eigenvalue weighted by Crippen LogP contribution is 2.39. The minimum absolute atomic E-state index is 0.201. The van der Waals surface area contributed by atoms with E-state index in [4.69, 9.17) is 30.5 Å². The minimum atomic E-state index is -1.18. The van der Waals surface area contributed by atoms with Crippen molar-refractivity contribution in [2.24, 2.45) is 0 Å². The molecule has 6 nitrogen and oxygen atoms in total. The largest absolute Gasteiger partial charge is 0.394 e. The van der Waals surface area contributed by atoms with Crippen LogP contribution in [0.1, 0.15) is 29.3 Å². The van der Waals surface area contributed by atoms with Gasteiger partial charge in [0.25, 0.3) is 0 Å². The molecule has 0 aromatic heterocycles. The summed E-state index contributed by atoms with van der Waals surface area (Å²) in [7, 11) is 0. The van der Waals surface area contributed by atoms with Crippen LogP contribution in [0.25, 0.3) is 0 Å². The molecule has 0 aliphatic carbocycles. The van der Waals surface area contributed by atoms with Gasteiger partial charge < -0.3 is 29.2 Å². The Morgan fingerprint density at radius 3 is 2.48 bits per heavy atom. The van der Waals surface area contributed by atoms with Crippen LogP contribution in [0, 0.1) is 12.7 Å². The maximum Gasteiger partial charge on any atom is 0.184 e. The molecule has 2 N–H and O–H groups in total. The molecule has 0 radical (unpaired) electrons. The van der Waals surface area contributed by atoms with Crippen LogP contribution >= 0.6 is 11.6 Å². The Kier molecular flexibility index (Phi) is 6.17. The SMILES string of the molecule is Cc1cc(C2OC3COC(c4ccc(Cl)cc4)OC3C(C(O)CO)O2)ccc1F. The standard InChI is InChI=1S/C21H22ClFO6/c1-11-8-13(4-7-15(11)23)21-27-17-10-26-20(12-2-5-14(22)6-3-12)29-19(17)18(28-21)16(25)9-24/h2-8,16-21,24-25H,9-10H2,1H3. The lowest BCUT2D eigenvalue weighted by Gasteiger charge is -2.47. The van der Waals surface area contributed by atoms with Crippen molar-refractivity contribution < 1.29 is 33.6 Å². The summed E-state index contributed by atoms with van der Waals surface area (Å²) in [4.78, 5) is 0. The van der Waals surface area contributed by atoms with Gasteiger partial charge in [0.15, 0.2) is 12.6 Å². The van der Waals surface area contributed by atoms with Gasteiger partial charge in [0.05, 0.1) is 13.2 Å². The highest BCUT2D eigenvalue weighted by atomic mass is 35.5. The lowest BCUT2D eigenvalue weighted by Crippen LogP contribution is -2.58. The fourth-order valence-electron chi connectivity index (χ4n) is 3.54. The summed E-state index contributed by atoms with van der Waals surface area (Å²) < 4.78 is 37.4. The zero-order chi connectivity index (χ0) is 20.5. The van der Waals surface area contributed by atoms with Crippen LogP contribution in [0.3, 0.4) is 0 Å². The Bertz CT molecular complexity index is 848. The Morgan fingerprint density at radius 2 is 1.79 bits per heavy atom. The van der Waals surface area contributed by atoms with E-state index < -0.39 is 43.6 Å². The zero-order valence-electron chi connectivity index (χ0n) is 15.7. The highest BCUT2D eigenvalue weighted by Gasteiger charge is 2.48. The average Bonchev–Trinajstić information content (AvgIpc) is 2.74. The predicted molar refractivity (Wildman–Crippen MR) is 102 cm³/mol. The topological polar surface area (TPSA) is 77.4 Å². The van der Waals surface area contributed by atoms with E-state index >= 15 is 0 Å². The van der Waals surface area contributed by atoms with Crippen molar-refractivity contribution >= 4 is 11.6 Å². The molecule has 6 unspecified atom stereocenters. The van der Waals surface area contributed by atoms with Crippen molar-refractivity contribution in [3.05, 3.63) is 70.0 Å². The first-order valence-corrected chi connectivity index (χ1v) is 9.72. The molecule has 0 saturated carbocycles. The number of hydrogen-bond acceptors (Lipinski definition) is 6. The van der Waals surface area contributed by atoms with Gasteiger partial charge in [0, 0.05) is 16.1 Å². The van der Waals surface area contributed by atoms with E-state index in [1.807, 2.05) is 0 Å². The first-order valence-electron chi connectivity index (χ1n) is 9.34. The Hall–Kier alpha value is -1.58. The molecule has 156 valence electrons. The number of aliphatic hydroxyl groups is 2. The molecule has 0 amide bonds. The predicted octanol–water partition coefficient (Wildman–Crippen LogP) is 3.04. The van der Waals surface area contributed by atoms with Gasteiger partial charge in [-0.25, -0.2) is 4.39 Å². The van der Waals surface area contributed by atoms with E-state index in [1.165, 1.54) is 6.07 Å². The number of benzene rings is 2. The molecule has 6 atom stereocenters. The van der Waals surface area contributed by atoms with Crippen molar-refractivity contribution in [2.75, 3.05) is 13.2 Å². The molecule has 2 fully saturated rings. The van der Waals surface area contributed by atoms with Gasteiger partial charge in [-0.3, -0.25) is 0 Å². The van der Waals surface area contributed by atoms with E-state index in [0.717, 1.165) is 5.56 Å². The van der Waals surface area contributed by atoms with E-state index in [0.29, 0.717) is 16.1 Å². The fraction of sp³-hybridized carbons (Fsp3) is 0.429. The van der Waals surface area contributed by atoms with Crippen molar-refractivity contribution in [3.8, 4) is 0 Å². The van der Waals surface area contributed by atoms with Gasteiger partial charge in [-0.2, -0.15) is 0 Å². The van der Waals surface area contributed by atoms with Gasteiger partial charge in [0.1, 0.15) is 30.2 Å². The molecule has 2 aromatic rings. The maximum atomic E-state index is 13.6. The molecular weight excluding hydrogens is 403 g/mol. The highest BCUT2D eigenvalue weighted by molar-refractivity contribution is 6.30. The summed E-state index contributed by atoms with van der Waals surface area (Å²) in [5, 5.41) is 20.5. The first kappa shape index (κ1) is 20.7. The molecule has 2 aromatic carbocycles. The normalized spacial score (nSPS) is 30.6. The van der Waals surface area contributed by atoms with Crippen LogP contribution in [0.5, 0.6) is 0 Å². The molecule has 2 aliphatic heterocycles. The fourth-order valence-corrected chi connectivity index (χ4v) is 3.67. The van der Waals surface area contributed by atoms with E-state index in [1.54, 1.807) is 43.3 Å². The van der Waals surface area contributed by atoms with Crippen LogP contribution in [-0.4, -0.2) is 47.8 Å². The van der Waals surface area contributed by atoms with Crippen molar-refractivity contribution in [3.63, 3.8) is 0 Å². The average molecular weight is 425 g/mol. The summed E-state index contributed by atoms with van der Waals surface area (Å²) in [6.07, 6.45) is -4.76. The van der Waals surface area contributed by atoms with Crippen LogP contribution < -0.4 is 0 Å². The number of aryl methyl sites for hydroxylation is 1. The van der Waals surface area contributed by atoms with Gasteiger partial charge in [0.2, 0.25) is 0 Å². The van der Waals surface area contributed by atoms with Crippen LogP contribution in [-0.2, 0) is 18.9 Å². The minimum Gasteiger partial charge on any atom is -0.394 e. The van der Waals surface area contributed by atoms with Crippen molar-refractivity contribution in [1.82, 2.24) is 0 Å². The molecular formula is C21H22ClFO6. The molecule has 2 aliphatic rings. The molecule has 2 saturated heterocycles. The second-order valence-corrected chi connectivity index (χ2v) is 7.62. The summed E-state index contributed by atoms with van der Waals surface area (Å²) in [5.74, 6) is -0.329. The van der Waals surface area contributed by atoms with Gasteiger partial charge in [-0.15, -0.1) is 0 Å². The third-order valence-corrected chi connectivity index (χ3v) is 5.38. The van der Waals surface area contributed by atoms with Crippen LogP contribution in [0.2, 0.25) is 5.02 Å². The van der Waals surface area contributed by atoms with Crippen LogP contribution in [0.15, 0.2) is 42.5 Å². The van der Waals surface area contributed by atoms with Gasteiger partial charge in [-0.05, 0) is 36.8 Å². The zero-order valence-corrected chi connectivity index (χ0v) is 16.5. The summed E-state index contributed by atoms with van der Waals surface area (Å²) in [6.45, 7) is 1.35. The monoisotopic (exact) mass is 424 g/mol. The first-order chi connectivity index (χ1) is 14.0. The third-order valence-electron chi connectivity index (χ3n) is 5.12. The number of aliphatic hydroxyl groups excluding tert-OH is 2. The van der Waals surface area contributed by atoms with Gasteiger partial charge in [-0.1, -0.05) is 29.8 Å². The second-order valence-electron chi connectivity index (χ2n) is 7.18. The van der Waals surface area contributed by atoms with Crippen LogP contribution in [0.4, 0.5) is 4.39 Å². The second kappa shape index (κ2) is 8.65. The smallest absolute Gasteiger partial charge is 0.184 e. The molecule has 8 heteroatoms. The Balaban J connectivity index is 1.56. The lowest BCUT2D eigenvalue weighted by molar-refractivity contribution is -0.373. The number of fused-ring (bicyclic) bond motifs is 1. The van der Waals surface area contributed by atoms with Gasteiger partial charge >= 0.3 is 0 Å². The summed E-state index contributed by atoms with van der Waals surface area (Å²) in [6, 6.07) is 11.6. The number of rotatable bonds is 4. The molecule has 0 spiro atoms. The van der Waals surface area contributed by atoms with Crippen molar-refractivity contribution in [1.29, 1.82) is 0 Å². The van der Waals surface area contributed by atoms with E-state index in [2.05, 4.69) is 0 Å². The Morgan fingerprint density at radius 1 is 1.07 bits per heavy atom. The lowest BCUT2D eigenvalue weighted by atomic mass is 9.99. The molecule has 0 bridgehead atoms. The number of ether oxygens (including phenoxy) is 4. The number of hydrogen-bond donors (Lipinski definition) is 2. The molecule has 2 heterocycles. The number of halogens is 2. The molecule has 4 rings (SSSR count). The quantitative estimate of drug-likeness (QED) is 0.785. The molecule has 29 heavy (non-hydrogen) atoms. The summed E-state index contributed by atoms with van der Waals surface area (Å²) >= 11 is 5.93. The van der Waals surface area contributed by atoms with E-state index in [-0.39, 0.29) is 12.4 Å². The van der Waals surface area contributed by atoms with Crippen molar-refractivity contribution in [2.45, 2.75) is 43.9 Å².